The molecule has 2 aliphatic heterocycles. The molecule has 2 aliphatic rings. The second-order valence-corrected chi connectivity index (χ2v) is 6.51. The van der Waals surface area contributed by atoms with Gasteiger partial charge >= 0.3 is 0 Å². The predicted octanol–water partition coefficient (Wildman–Crippen LogP) is 2.32. The summed E-state index contributed by atoms with van der Waals surface area (Å²) >= 11 is 4.33. The van der Waals surface area contributed by atoms with Crippen LogP contribution in [-0.4, -0.2) is 28.2 Å². The average Bonchev–Trinajstić information content (AvgIpc) is 2.54. The van der Waals surface area contributed by atoms with E-state index in [1.165, 1.54) is 30.8 Å². The molecule has 0 spiro atoms. The Morgan fingerprint density at radius 2 is 1.92 bits per heavy atom. The van der Waals surface area contributed by atoms with Crippen molar-refractivity contribution in [3.63, 3.8) is 0 Å². The molecule has 2 atom stereocenters. The highest BCUT2D eigenvalue weighted by Gasteiger charge is 2.29. The Morgan fingerprint density at radius 3 is 2.50 bits per heavy atom. The molecule has 0 aromatic carbocycles. The molecule has 0 saturated carbocycles. The molecule has 0 radical (unpaired) electrons. The minimum Gasteiger partial charge on any atom is -0.310 e. The van der Waals surface area contributed by atoms with E-state index in [0.717, 1.165) is 16.7 Å². The lowest BCUT2D eigenvalue weighted by Gasteiger charge is -2.26. The Labute approximate surface area is 83.4 Å². The predicted molar refractivity (Wildman–Crippen MR) is 58.9 cm³/mol. The molecule has 2 rings (SSSR count). The summed E-state index contributed by atoms with van der Waals surface area (Å²) in [5, 5.41) is 3.68. The molecule has 0 aliphatic carbocycles. The van der Waals surface area contributed by atoms with Crippen molar-refractivity contribution in [3.8, 4) is 0 Å². The van der Waals surface area contributed by atoms with E-state index in [4.69, 9.17) is 0 Å². The van der Waals surface area contributed by atoms with Crippen LogP contribution < -0.4 is 5.32 Å². The molecule has 0 bridgehead atoms. The molecule has 12 heavy (non-hydrogen) atoms. The van der Waals surface area contributed by atoms with E-state index in [1.807, 2.05) is 0 Å². The van der Waals surface area contributed by atoms with E-state index in [-0.39, 0.29) is 0 Å². The molecule has 0 unspecified atom stereocenters. The van der Waals surface area contributed by atoms with Crippen molar-refractivity contribution in [2.24, 2.45) is 0 Å². The Bertz CT molecular complexity index is 143. The average molecular weight is 203 g/mol. The SMILES string of the molecule is C[C@@H]1CC[C@@H](C2SCCCS2)N1. The van der Waals surface area contributed by atoms with E-state index < -0.39 is 0 Å². The van der Waals surface area contributed by atoms with Gasteiger partial charge in [-0.25, -0.2) is 0 Å². The maximum atomic E-state index is 3.68. The second-order valence-electron chi connectivity index (χ2n) is 3.72. The zero-order valence-corrected chi connectivity index (χ0v) is 9.22. The lowest BCUT2D eigenvalue weighted by Crippen LogP contribution is -2.35. The third-order valence-electron chi connectivity index (χ3n) is 2.59. The quantitative estimate of drug-likeness (QED) is 0.702. The highest BCUT2D eigenvalue weighted by molar-refractivity contribution is 8.17. The van der Waals surface area contributed by atoms with Crippen LogP contribution in [0.3, 0.4) is 0 Å². The summed E-state index contributed by atoms with van der Waals surface area (Å²) < 4.78 is 0.851. The number of hydrogen-bond acceptors (Lipinski definition) is 3. The maximum Gasteiger partial charge on any atom is 0.0655 e. The molecule has 1 N–H and O–H groups in total. The van der Waals surface area contributed by atoms with Gasteiger partial charge in [0.2, 0.25) is 0 Å². The van der Waals surface area contributed by atoms with Crippen molar-refractivity contribution < 1.29 is 0 Å². The van der Waals surface area contributed by atoms with Crippen molar-refractivity contribution in [3.05, 3.63) is 0 Å². The van der Waals surface area contributed by atoms with E-state index in [2.05, 4.69) is 35.8 Å². The number of hydrogen-bond donors (Lipinski definition) is 1. The van der Waals surface area contributed by atoms with Crippen molar-refractivity contribution in [2.45, 2.75) is 42.9 Å². The summed E-state index contributed by atoms with van der Waals surface area (Å²) in [5.74, 6) is 2.76. The van der Waals surface area contributed by atoms with Crippen LogP contribution in [0.1, 0.15) is 26.2 Å². The first-order chi connectivity index (χ1) is 5.86. The summed E-state index contributed by atoms with van der Waals surface area (Å²) in [7, 11) is 0. The summed E-state index contributed by atoms with van der Waals surface area (Å²) in [5.41, 5.74) is 0. The summed E-state index contributed by atoms with van der Waals surface area (Å²) in [6.45, 7) is 2.30. The zero-order chi connectivity index (χ0) is 8.39. The van der Waals surface area contributed by atoms with Gasteiger partial charge in [-0.15, -0.1) is 23.5 Å². The van der Waals surface area contributed by atoms with Gasteiger partial charge in [-0.05, 0) is 37.7 Å². The number of nitrogens with one attached hydrogen (secondary N) is 1. The van der Waals surface area contributed by atoms with Gasteiger partial charge in [0.25, 0.3) is 0 Å². The molecule has 3 heteroatoms. The molecule has 2 heterocycles. The van der Waals surface area contributed by atoms with Crippen LogP contribution in [0, 0.1) is 0 Å². The van der Waals surface area contributed by atoms with Gasteiger partial charge in [0, 0.05) is 12.1 Å². The highest BCUT2D eigenvalue weighted by Crippen LogP contribution is 2.36. The Hall–Kier alpha value is 0.660. The van der Waals surface area contributed by atoms with Crippen molar-refractivity contribution in [1.29, 1.82) is 0 Å². The van der Waals surface area contributed by atoms with E-state index >= 15 is 0 Å². The van der Waals surface area contributed by atoms with Gasteiger partial charge in [-0.2, -0.15) is 0 Å². The van der Waals surface area contributed by atoms with Crippen molar-refractivity contribution in [1.82, 2.24) is 5.32 Å². The Morgan fingerprint density at radius 1 is 1.17 bits per heavy atom. The number of thioether (sulfide) groups is 2. The Balaban J connectivity index is 1.83. The van der Waals surface area contributed by atoms with Crippen LogP contribution in [0.15, 0.2) is 0 Å². The van der Waals surface area contributed by atoms with Gasteiger partial charge < -0.3 is 5.32 Å². The lowest BCUT2D eigenvalue weighted by atomic mass is 10.2. The van der Waals surface area contributed by atoms with Crippen molar-refractivity contribution in [2.75, 3.05) is 11.5 Å². The summed E-state index contributed by atoms with van der Waals surface area (Å²) in [6.07, 6.45) is 4.18. The van der Waals surface area contributed by atoms with Gasteiger partial charge in [0.05, 0.1) is 4.58 Å². The smallest absolute Gasteiger partial charge is 0.0655 e. The largest absolute Gasteiger partial charge is 0.310 e. The van der Waals surface area contributed by atoms with Crippen LogP contribution in [0.25, 0.3) is 0 Å². The third kappa shape index (κ3) is 2.12. The van der Waals surface area contributed by atoms with E-state index in [1.54, 1.807) is 0 Å². The number of rotatable bonds is 1. The normalized spacial score (nSPS) is 38.8. The molecule has 0 amide bonds. The molecule has 70 valence electrons. The van der Waals surface area contributed by atoms with Crippen LogP contribution >= 0.6 is 23.5 Å². The maximum absolute atomic E-state index is 3.68. The third-order valence-corrected chi connectivity index (χ3v) is 5.77. The van der Waals surface area contributed by atoms with Crippen LogP contribution in [-0.2, 0) is 0 Å². The fraction of sp³-hybridized carbons (Fsp3) is 1.00. The minimum absolute atomic E-state index is 0.762. The molecule has 2 saturated heterocycles. The first-order valence-electron chi connectivity index (χ1n) is 4.85. The lowest BCUT2D eigenvalue weighted by molar-refractivity contribution is 0.590. The van der Waals surface area contributed by atoms with Gasteiger partial charge in [-0.1, -0.05) is 0 Å². The fourth-order valence-electron chi connectivity index (χ4n) is 1.91. The van der Waals surface area contributed by atoms with E-state index in [0.29, 0.717) is 0 Å². The topological polar surface area (TPSA) is 12.0 Å². The second kappa shape index (κ2) is 4.25. The van der Waals surface area contributed by atoms with Gasteiger partial charge in [-0.3, -0.25) is 0 Å². The van der Waals surface area contributed by atoms with E-state index in [9.17, 15) is 0 Å². The first-order valence-corrected chi connectivity index (χ1v) is 6.95. The van der Waals surface area contributed by atoms with Gasteiger partial charge in [0.15, 0.2) is 0 Å². The highest BCUT2D eigenvalue weighted by atomic mass is 32.2. The fourth-order valence-corrected chi connectivity index (χ4v) is 5.04. The molecule has 0 aromatic rings. The van der Waals surface area contributed by atoms with Crippen LogP contribution in [0.2, 0.25) is 0 Å². The summed E-state index contributed by atoms with van der Waals surface area (Å²) in [6, 6.07) is 1.56. The molecular weight excluding hydrogens is 186 g/mol. The van der Waals surface area contributed by atoms with Crippen molar-refractivity contribution >= 4 is 23.5 Å². The summed E-state index contributed by atoms with van der Waals surface area (Å²) in [4.78, 5) is 0. The zero-order valence-electron chi connectivity index (χ0n) is 7.58. The molecule has 0 aromatic heterocycles. The molecule has 2 fully saturated rings. The molecule has 1 nitrogen and oxygen atoms in total. The van der Waals surface area contributed by atoms with Crippen LogP contribution in [0.4, 0.5) is 0 Å². The van der Waals surface area contributed by atoms with Crippen LogP contribution in [0.5, 0.6) is 0 Å². The monoisotopic (exact) mass is 203 g/mol. The first kappa shape index (κ1) is 9.22. The minimum atomic E-state index is 0.762. The van der Waals surface area contributed by atoms with Gasteiger partial charge in [0.1, 0.15) is 0 Å². The standard InChI is InChI=1S/C9H17NS2/c1-7-3-4-8(10-7)9-11-5-2-6-12-9/h7-10H,2-6H2,1H3/t7-,8+/m1/s1. The Kier molecular flexibility index (Phi) is 3.27. The molecular formula is C9H17NS2.